The van der Waals surface area contributed by atoms with Gasteiger partial charge in [-0.3, -0.25) is 0 Å². The summed E-state index contributed by atoms with van der Waals surface area (Å²) in [6, 6.07) is 1.35. The molecule has 11 heavy (non-hydrogen) atoms. The Bertz CT molecular complexity index is 144. The van der Waals surface area contributed by atoms with Crippen LogP contribution >= 0.6 is 0 Å². The van der Waals surface area contributed by atoms with Gasteiger partial charge in [-0.05, 0) is 38.9 Å². The van der Waals surface area contributed by atoms with Gasteiger partial charge in [0.2, 0.25) is 0 Å². The van der Waals surface area contributed by atoms with E-state index in [0.717, 1.165) is 0 Å². The minimum absolute atomic E-state index is 0.216. The van der Waals surface area contributed by atoms with Gasteiger partial charge in [0, 0.05) is 0 Å². The second-order valence-electron chi connectivity index (χ2n) is 4.52. The summed E-state index contributed by atoms with van der Waals surface area (Å²) in [4.78, 5) is 0. The Morgan fingerprint density at radius 1 is 1.45 bits per heavy atom. The Morgan fingerprint density at radius 3 is 2.45 bits per heavy atom. The first-order chi connectivity index (χ1) is 4.97. The lowest BCUT2D eigenvalue weighted by atomic mass is 9.98. The van der Waals surface area contributed by atoms with Gasteiger partial charge in [-0.25, -0.2) is 0 Å². The van der Waals surface area contributed by atoms with Crippen LogP contribution in [0.5, 0.6) is 0 Å². The molecule has 0 N–H and O–H groups in total. The van der Waals surface area contributed by atoms with Crippen molar-refractivity contribution in [3.05, 3.63) is 0 Å². The van der Waals surface area contributed by atoms with E-state index in [0.29, 0.717) is 0 Å². The van der Waals surface area contributed by atoms with Crippen LogP contribution in [0.1, 0.15) is 33.1 Å². The van der Waals surface area contributed by atoms with Crippen molar-refractivity contribution in [1.82, 2.24) is 0 Å². The first-order valence-corrected chi connectivity index (χ1v) is 7.79. The van der Waals surface area contributed by atoms with Crippen molar-refractivity contribution in [2.75, 3.05) is 0 Å². The molecular weight excluding hydrogens is 152 g/mol. The number of hydrogen-bond donors (Lipinski definition) is 0. The van der Waals surface area contributed by atoms with Gasteiger partial charge in [-0.2, -0.15) is 0 Å². The molecule has 0 spiro atoms. The normalized spacial score (nSPS) is 37.1. The monoisotopic (exact) mass is 172 g/mol. The molecule has 1 nitrogen and oxygen atoms in total. The fourth-order valence-electron chi connectivity index (χ4n) is 1.91. The zero-order valence-corrected chi connectivity index (χ0v) is 9.24. The molecule has 0 saturated carbocycles. The van der Waals surface area contributed by atoms with Crippen molar-refractivity contribution in [3.8, 4) is 0 Å². The SMILES string of the molecule is CCC1(C)CCC[Si](C)(C)O1. The first kappa shape index (κ1) is 9.27. The third-order valence-electron chi connectivity index (χ3n) is 2.76. The van der Waals surface area contributed by atoms with Gasteiger partial charge >= 0.3 is 0 Å². The molecule has 1 fully saturated rings. The zero-order chi connectivity index (χ0) is 8.54. The van der Waals surface area contributed by atoms with Crippen molar-refractivity contribution in [3.63, 3.8) is 0 Å². The van der Waals surface area contributed by atoms with Crippen LogP contribution in [0.25, 0.3) is 0 Å². The van der Waals surface area contributed by atoms with Crippen LogP contribution in [-0.2, 0) is 4.43 Å². The third kappa shape index (κ3) is 2.31. The lowest BCUT2D eigenvalue weighted by Gasteiger charge is -2.42. The Morgan fingerprint density at radius 2 is 2.09 bits per heavy atom. The highest BCUT2D eigenvalue weighted by molar-refractivity contribution is 6.71. The van der Waals surface area contributed by atoms with Crippen LogP contribution in [0.4, 0.5) is 0 Å². The Labute approximate surface area is 71.3 Å². The zero-order valence-electron chi connectivity index (χ0n) is 8.24. The molecule has 0 aliphatic carbocycles. The summed E-state index contributed by atoms with van der Waals surface area (Å²) in [7, 11) is -1.25. The average molecular weight is 172 g/mol. The van der Waals surface area contributed by atoms with Gasteiger partial charge in [-0.1, -0.05) is 13.3 Å². The minimum Gasteiger partial charge on any atom is -0.412 e. The van der Waals surface area contributed by atoms with E-state index in [1.54, 1.807) is 0 Å². The standard InChI is InChI=1S/C9H20OSi/c1-5-9(2)7-6-8-11(3,4)10-9/h5-8H2,1-4H3. The Hall–Kier alpha value is 0.177. The second kappa shape index (κ2) is 2.90. The van der Waals surface area contributed by atoms with Crippen molar-refractivity contribution < 1.29 is 4.43 Å². The van der Waals surface area contributed by atoms with Gasteiger partial charge in [0.05, 0.1) is 5.60 Å². The van der Waals surface area contributed by atoms with E-state index in [9.17, 15) is 0 Å². The molecule has 0 aromatic carbocycles. The van der Waals surface area contributed by atoms with Gasteiger partial charge in [0.1, 0.15) is 0 Å². The second-order valence-corrected chi connectivity index (χ2v) is 8.74. The molecule has 0 aromatic rings. The molecule has 0 amide bonds. The van der Waals surface area contributed by atoms with Crippen LogP contribution in [0.2, 0.25) is 19.1 Å². The highest BCUT2D eigenvalue weighted by atomic mass is 28.4. The van der Waals surface area contributed by atoms with Crippen molar-refractivity contribution in [2.24, 2.45) is 0 Å². The topological polar surface area (TPSA) is 9.23 Å². The summed E-state index contributed by atoms with van der Waals surface area (Å²) in [5.74, 6) is 0. The highest BCUT2D eigenvalue weighted by Gasteiger charge is 2.37. The molecule has 1 saturated heterocycles. The van der Waals surface area contributed by atoms with Crippen molar-refractivity contribution in [2.45, 2.75) is 57.8 Å². The summed E-state index contributed by atoms with van der Waals surface area (Å²) in [5.41, 5.74) is 0.216. The molecule has 1 atom stereocenters. The van der Waals surface area contributed by atoms with Crippen molar-refractivity contribution in [1.29, 1.82) is 0 Å². The minimum atomic E-state index is -1.25. The number of hydrogen-bond acceptors (Lipinski definition) is 1. The van der Waals surface area contributed by atoms with Crippen LogP contribution in [0, 0.1) is 0 Å². The van der Waals surface area contributed by atoms with Gasteiger partial charge in [-0.15, -0.1) is 0 Å². The smallest absolute Gasteiger partial charge is 0.187 e. The fraction of sp³-hybridized carbons (Fsp3) is 1.00. The molecule has 1 rings (SSSR count). The van der Waals surface area contributed by atoms with E-state index in [2.05, 4.69) is 26.9 Å². The molecule has 1 aliphatic rings. The molecular formula is C9H20OSi. The maximum absolute atomic E-state index is 6.15. The van der Waals surface area contributed by atoms with E-state index < -0.39 is 8.32 Å². The maximum atomic E-state index is 6.15. The van der Waals surface area contributed by atoms with E-state index in [1.165, 1.54) is 25.3 Å². The van der Waals surface area contributed by atoms with E-state index in [1.807, 2.05) is 0 Å². The lowest BCUT2D eigenvalue weighted by Crippen LogP contribution is -2.46. The molecule has 0 bridgehead atoms. The molecule has 66 valence electrons. The molecule has 0 radical (unpaired) electrons. The van der Waals surface area contributed by atoms with Crippen LogP contribution in [0.3, 0.4) is 0 Å². The van der Waals surface area contributed by atoms with E-state index in [4.69, 9.17) is 4.43 Å². The molecule has 1 aliphatic heterocycles. The molecule has 2 heteroatoms. The van der Waals surface area contributed by atoms with Crippen LogP contribution in [0.15, 0.2) is 0 Å². The van der Waals surface area contributed by atoms with Gasteiger partial charge < -0.3 is 4.43 Å². The summed E-state index contributed by atoms with van der Waals surface area (Å²) in [6.45, 7) is 9.16. The van der Waals surface area contributed by atoms with E-state index >= 15 is 0 Å². The molecule has 1 heterocycles. The third-order valence-corrected chi connectivity index (χ3v) is 5.36. The Kier molecular flexibility index (Phi) is 2.45. The fourth-order valence-corrected chi connectivity index (χ4v) is 4.62. The summed E-state index contributed by atoms with van der Waals surface area (Å²) in [6.07, 6.45) is 3.81. The highest BCUT2D eigenvalue weighted by Crippen LogP contribution is 2.34. The summed E-state index contributed by atoms with van der Waals surface area (Å²) < 4.78 is 6.15. The lowest BCUT2D eigenvalue weighted by molar-refractivity contribution is 0.0493. The number of rotatable bonds is 1. The van der Waals surface area contributed by atoms with E-state index in [-0.39, 0.29) is 5.60 Å². The average Bonchev–Trinajstić information content (AvgIpc) is 1.85. The first-order valence-electron chi connectivity index (χ1n) is 4.68. The Balaban J connectivity index is 2.59. The van der Waals surface area contributed by atoms with Crippen LogP contribution in [-0.4, -0.2) is 13.9 Å². The van der Waals surface area contributed by atoms with Crippen molar-refractivity contribution >= 4 is 8.32 Å². The molecule has 0 aromatic heterocycles. The van der Waals surface area contributed by atoms with Gasteiger partial charge in [0.15, 0.2) is 8.32 Å². The van der Waals surface area contributed by atoms with Gasteiger partial charge in [0.25, 0.3) is 0 Å². The van der Waals surface area contributed by atoms with Crippen LogP contribution < -0.4 is 0 Å². The predicted molar refractivity (Wildman–Crippen MR) is 51.3 cm³/mol. The predicted octanol–water partition coefficient (Wildman–Crippen LogP) is 3.17. The quantitative estimate of drug-likeness (QED) is 0.552. The molecule has 1 unspecified atom stereocenters. The largest absolute Gasteiger partial charge is 0.412 e. The maximum Gasteiger partial charge on any atom is 0.187 e. The summed E-state index contributed by atoms with van der Waals surface area (Å²) in [5, 5.41) is 0. The summed E-state index contributed by atoms with van der Waals surface area (Å²) >= 11 is 0.